The number of aromatic nitrogens is 1. The lowest BCUT2D eigenvalue weighted by Crippen LogP contribution is -2.35. The number of rotatable bonds is 3. The second-order valence-electron chi connectivity index (χ2n) is 5.87. The second-order valence-corrected chi connectivity index (χ2v) is 5.87. The second kappa shape index (κ2) is 5.83. The van der Waals surface area contributed by atoms with Crippen LogP contribution in [0.1, 0.15) is 12.8 Å². The molecule has 0 N–H and O–H groups in total. The van der Waals surface area contributed by atoms with Crippen molar-refractivity contribution in [2.24, 2.45) is 0 Å². The molecule has 1 aromatic heterocycles. The van der Waals surface area contributed by atoms with Crippen molar-refractivity contribution in [3.05, 3.63) is 30.5 Å². The Morgan fingerprint density at radius 3 is 2.59 bits per heavy atom. The van der Waals surface area contributed by atoms with E-state index >= 15 is 0 Å². The Labute approximate surface area is 127 Å². The van der Waals surface area contributed by atoms with Crippen LogP contribution in [0, 0.1) is 0 Å². The summed E-state index contributed by atoms with van der Waals surface area (Å²) < 4.78 is 45.1. The third-order valence-electron chi connectivity index (χ3n) is 4.08. The van der Waals surface area contributed by atoms with Crippen LogP contribution >= 0.6 is 0 Å². The summed E-state index contributed by atoms with van der Waals surface area (Å²) in [6, 6.07) is 6.98. The van der Waals surface area contributed by atoms with Gasteiger partial charge in [0.1, 0.15) is 18.4 Å². The van der Waals surface area contributed by atoms with Crippen LogP contribution in [0.3, 0.4) is 0 Å². The third-order valence-corrected chi connectivity index (χ3v) is 4.08. The minimum Gasteiger partial charge on any atom is -0.490 e. The van der Waals surface area contributed by atoms with E-state index in [0.717, 1.165) is 31.3 Å². The smallest absolute Gasteiger partial charge is 0.406 e. The lowest BCUT2D eigenvalue weighted by atomic mass is 10.1. The van der Waals surface area contributed by atoms with Gasteiger partial charge in [-0.1, -0.05) is 6.07 Å². The number of fused-ring (bicyclic) bond motifs is 1. The number of likely N-dealkylation sites (tertiary alicyclic amines) is 1. The summed E-state index contributed by atoms with van der Waals surface area (Å²) in [4.78, 5) is 2.25. The topological polar surface area (TPSA) is 17.4 Å². The third kappa shape index (κ3) is 3.38. The summed E-state index contributed by atoms with van der Waals surface area (Å²) in [5, 5.41) is 0.741. The fourth-order valence-electron chi connectivity index (χ4n) is 2.91. The van der Waals surface area contributed by atoms with Crippen molar-refractivity contribution in [3.8, 4) is 5.75 Å². The molecule has 2 heterocycles. The predicted molar refractivity (Wildman–Crippen MR) is 79.1 cm³/mol. The van der Waals surface area contributed by atoms with Gasteiger partial charge in [0.05, 0.1) is 5.52 Å². The zero-order valence-corrected chi connectivity index (χ0v) is 12.4. The maximum atomic E-state index is 12.6. The first kappa shape index (κ1) is 15.2. The van der Waals surface area contributed by atoms with Crippen molar-refractivity contribution in [2.45, 2.75) is 31.7 Å². The van der Waals surface area contributed by atoms with Crippen molar-refractivity contribution in [1.29, 1.82) is 0 Å². The van der Waals surface area contributed by atoms with Crippen molar-refractivity contribution >= 4 is 10.9 Å². The molecule has 1 saturated heterocycles. The first-order valence-electron chi connectivity index (χ1n) is 7.42. The molecule has 6 heteroatoms. The number of alkyl halides is 3. The highest BCUT2D eigenvalue weighted by Crippen LogP contribution is 2.30. The summed E-state index contributed by atoms with van der Waals surface area (Å²) in [6.45, 7) is 0.986. The Morgan fingerprint density at radius 2 is 1.91 bits per heavy atom. The molecule has 22 heavy (non-hydrogen) atoms. The lowest BCUT2D eigenvalue weighted by molar-refractivity contribution is -0.139. The van der Waals surface area contributed by atoms with Crippen molar-refractivity contribution in [3.63, 3.8) is 0 Å². The van der Waals surface area contributed by atoms with Crippen LogP contribution in [-0.2, 0) is 6.54 Å². The minimum absolute atomic E-state index is 0.132. The van der Waals surface area contributed by atoms with Gasteiger partial charge in [-0.05, 0) is 38.1 Å². The van der Waals surface area contributed by atoms with Crippen LogP contribution in [0.5, 0.6) is 5.75 Å². The Bertz CT molecular complexity index is 642. The highest BCUT2D eigenvalue weighted by atomic mass is 19.4. The van der Waals surface area contributed by atoms with E-state index in [1.807, 2.05) is 6.07 Å². The average molecular weight is 312 g/mol. The van der Waals surface area contributed by atoms with Crippen LogP contribution in [0.15, 0.2) is 30.5 Å². The molecule has 0 saturated carbocycles. The molecule has 0 aliphatic carbocycles. The maximum Gasteiger partial charge on any atom is 0.406 e. The van der Waals surface area contributed by atoms with Crippen LogP contribution in [0.2, 0.25) is 0 Å². The van der Waals surface area contributed by atoms with Crippen LogP contribution in [-0.4, -0.2) is 41.9 Å². The summed E-state index contributed by atoms with van der Waals surface area (Å²) in [6.07, 6.45) is -0.740. The van der Waals surface area contributed by atoms with Gasteiger partial charge < -0.3 is 14.2 Å². The molecule has 0 spiro atoms. The van der Waals surface area contributed by atoms with Gasteiger partial charge in [-0.15, -0.1) is 0 Å². The maximum absolute atomic E-state index is 12.6. The standard InChI is InChI=1S/C16H19F3N2O/c1-20-8-5-12(6-9-20)22-15-4-2-3-14-13(15)7-10-21(14)11-16(17,18)19/h2-4,7,10,12H,5-6,8-9,11H2,1H3. The van der Waals surface area contributed by atoms with E-state index in [9.17, 15) is 13.2 Å². The molecule has 1 aliphatic heterocycles. The highest BCUT2D eigenvalue weighted by Gasteiger charge is 2.28. The van der Waals surface area contributed by atoms with Gasteiger partial charge in [0.15, 0.2) is 0 Å². The monoisotopic (exact) mass is 312 g/mol. The van der Waals surface area contributed by atoms with Crippen molar-refractivity contribution in [2.75, 3.05) is 20.1 Å². The van der Waals surface area contributed by atoms with E-state index in [1.165, 1.54) is 10.8 Å². The fourth-order valence-corrected chi connectivity index (χ4v) is 2.91. The average Bonchev–Trinajstić information content (AvgIpc) is 2.84. The number of benzene rings is 1. The molecule has 2 aromatic rings. The Balaban J connectivity index is 1.82. The van der Waals surface area contributed by atoms with E-state index in [2.05, 4.69) is 11.9 Å². The highest BCUT2D eigenvalue weighted by molar-refractivity contribution is 5.86. The van der Waals surface area contributed by atoms with Crippen LogP contribution in [0.4, 0.5) is 13.2 Å². The predicted octanol–water partition coefficient (Wildman–Crippen LogP) is 3.68. The van der Waals surface area contributed by atoms with Gasteiger partial charge in [-0.2, -0.15) is 13.2 Å². The molecular weight excluding hydrogens is 293 g/mol. The molecular formula is C16H19F3N2O. The molecule has 3 nitrogen and oxygen atoms in total. The Kier molecular flexibility index (Phi) is 4.04. The fraction of sp³-hybridized carbons (Fsp3) is 0.500. The van der Waals surface area contributed by atoms with Crippen LogP contribution in [0.25, 0.3) is 10.9 Å². The van der Waals surface area contributed by atoms with Crippen LogP contribution < -0.4 is 4.74 Å². The summed E-state index contributed by atoms with van der Waals surface area (Å²) >= 11 is 0. The van der Waals surface area contributed by atoms with E-state index in [1.54, 1.807) is 18.2 Å². The summed E-state index contributed by atoms with van der Waals surface area (Å²) in [7, 11) is 2.08. The number of hydrogen-bond acceptors (Lipinski definition) is 2. The molecule has 3 rings (SSSR count). The lowest BCUT2D eigenvalue weighted by Gasteiger charge is -2.29. The molecule has 120 valence electrons. The molecule has 0 atom stereocenters. The first-order valence-corrected chi connectivity index (χ1v) is 7.42. The van der Waals surface area contributed by atoms with E-state index < -0.39 is 12.7 Å². The summed E-state index contributed by atoms with van der Waals surface area (Å²) in [5.74, 6) is 0.674. The normalized spacial score (nSPS) is 18.0. The zero-order valence-electron chi connectivity index (χ0n) is 12.4. The van der Waals surface area contributed by atoms with Gasteiger partial charge in [-0.25, -0.2) is 0 Å². The number of halogens is 3. The number of nitrogens with zero attached hydrogens (tertiary/aromatic N) is 2. The van der Waals surface area contributed by atoms with E-state index in [-0.39, 0.29) is 6.10 Å². The van der Waals surface area contributed by atoms with Gasteiger partial charge in [0, 0.05) is 24.7 Å². The van der Waals surface area contributed by atoms with Gasteiger partial charge in [0.25, 0.3) is 0 Å². The quantitative estimate of drug-likeness (QED) is 0.860. The molecule has 1 fully saturated rings. The zero-order chi connectivity index (χ0) is 15.7. The van der Waals surface area contributed by atoms with Gasteiger partial charge >= 0.3 is 6.18 Å². The van der Waals surface area contributed by atoms with Gasteiger partial charge in [-0.3, -0.25) is 0 Å². The molecule has 1 aromatic carbocycles. The summed E-state index contributed by atoms with van der Waals surface area (Å²) in [5.41, 5.74) is 0.558. The molecule has 0 unspecified atom stereocenters. The van der Waals surface area contributed by atoms with Crippen molar-refractivity contribution in [1.82, 2.24) is 9.47 Å². The molecule has 1 aliphatic rings. The van der Waals surface area contributed by atoms with E-state index in [4.69, 9.17) is 4.74 Å². The SMILES string of the molecule is CN1CCC(Oc2cccc3c2ccn3CC(F)(F)F)CC1. The molecule has 0 radical (unpaired) electrons. The number of piperidine rings is 1. The van der Waals surface area contributed by atoms with Crippen molar-refractivity contribution < 1.29 is 17.9 Å². The molecule has 0 amide bonds. The van der Waals surface area contributed by atoms with Gasteiger partial charge in [0.2, 0.25) is 0 Å². The largest absolute Gasteiger partial charge is 0.490 e. The first-order chi connectivity index (χ1) is 10.4. The van der Waals surface area contributed by atoms with E-state index in [0.29, 0.717) is 11.3 Å². The minimum atomic E-state index is -4.23. The number of ether oxygens (including phenoxy) is 1. The Hall–Kier alpha value is -1.69. The number of hydrogen-bond donors (Lipinski definition) is 0. The Morgan fingerprint density at radius 1 is 1.18 bits per heavy atom. The molecule has 0 bridgehead atoms.